The van der Waals surface area contributed by atoms with Crippen LogP contribution in [-0.2, 0) is 4.79 Å². The fraction of sp³-hybridized carbons (Fsp3) is 0.917. The summed E-state index contributed by atoms with van der Waals surface area (Å²) in [5.41, 5.74) is 0.154. The Morgan fingerprint density at radius 3 is 2.13 bits per heavy atom. The molecule has 0 radical (unpaired) electrons. The van der Waals surface area contributed by atoms with Crippen LogP contribution in [0.5, 0.6) is 0 Å². The highest BCUT2D eigenvalue weighted by molar-refractivity contribution is 5.76. The standard InChI is InChI=1S/C12H25NO2/c1-9(12(3,4)5)7-11(15)13(6)8-10(2)14/h9-10,14H,7-8H2,1-6H3. The van der Waals surface area contributed by atoms with Gasteiger partial charge in [0.15, 0.2) is 0 Å². The number of aliphatic hydroxyl groups excluding tert-OH is 1. The maximum Gasteiger partial charge on any atom is 0.222 e. The first-order valence-corrected chi connectivity index (χ1v) is 5.56. The lowest BCUT2D eigenvalue weighted by Gasteiger charge is -2.28. The van der Waals surface area contributed by atoms with Gasteiger partial charge in [0.05, 0.1) is 6.10 Å². The maximum absolute atomic E-state index is 11.8. The summed E-state index contributed by atoms with van der Waals surface area (Å²) in [6.45, 7) is 10.6. The Morgan fingerprint density at radius 1 is 1.33 bits per heavy atom. The number of hydrogen-bond donors (Lipinski definition) is 1. The van der Waals surface area contributed by atoms with Crippen molar-refractivity contribution in [2.45, 2.75) is 47.1 Å². The Labute approximate surface area is 93.5 Å². The van der Waals surface area contributed by atoms with E-state index in [0.717, 1.165) is 0 Å². The summed E-state index contributed by atoms with van der Waals surface area (Å²) in [5, 5.41) is 9.17. The molecule has 0 bridgehead atoms. The Kier molecular flexibility index (Phi) is 5.29. The summed E-state index contributed by atoms with van der Waals surface area (Å²) in [5.74, 6) is 0.458. The molecule has 0 aliphatic rings. The van der Waals surface area contributed by atoms with Crippen molar-refractivity contribution in [3.63, 3.8) is 0 Å². The van der Waals surface area contributed by atoms with Gasteiger partial charge in [0.1, 0.15) is 0 Å². The normalized spacial score (nSPS) is 15.9. The summed E-state index contributed by atoms with van der Waals surface area (Å²) in [4.78, 5) is 13.4. The van der Waals surface area contributed by atoms with Gasteiger partial charge in [-0.1, -0.05) is 27.7 Å². The molecule has 90 valence electrons. The van der Waals surface area contributed by atoms with Crippen LogP contribution >= 0.6 is 0 Å². The van der Waals surface area contributed by atoms with Gasteiger partial charge >= 0.3 is 0 Å². The second-order valence-corrected chi connectivity index (χ2v) is 5.59. The lowest BCUT2D eigenvalue weighted by Crippen LogP contribution is -2.35. The zero-order valence-corrected chi connectivity index (χ0v) is 10.9. The number of carbonyl (C=O) groups is 1. The predicted octanol–water partition coefficient (Wildman–Crippen LogP) is 1.90. The van der Waals surface area contributed by atoms with E-state index in [1.54, 1.807) is 18.9 Å². The number of carbonyl (C=O) groups excluding carboxylic acids is 1. The average Bonchev–Trinajstić information content (AvgIpc) is 2.00. The van der Waals surface area contributed by atoms with Crippen LogP contribution in [0.25, 0.3) is 0 Å². The molecule has 3 heteroatoms. The highest BCUT2D eigenvalue weighted by Crippen LogP contribution is 2.28. The largest absolute Gasteiger partial charge is 0.392 e. The van der Waals surface area contributed by atoms with Crippen LogP contribution in [0, 0.1) is 11.3 Å². The van der Waals surface area contributed by atoms with Crippen LogP contribution in [0.15, 0.2) is 0 Å². The van der Waals surface area contributed by atoms with Crippen LogP contribution in [-0.4, -0.2) is 35.6 Å². The third kappa shape index (κ3) is 5.78. The SMILES string of the molecule is CC(O)CN(C)C(=O)CC(C)C(C)(C)C. The molecule has 1 amide bonds. The number of likely N-dealkylation sites (N-methyl/N-ethyl adjacent to an activating group) is 1. The van der Waals surface area contributed by atoms with Gasteiger partial charge in [-0.2, -0.15) is 0 Å². The fourth-order valence-electron chi connectivity index (χ4n) is 1.22. The molecule has 15 heavy (non-hydrogen) atoms. The van der Waals surface area contributed by atoms with E-state index in [2.05, 4.69) is 27.7 Å². The molecule has 0 aliphatic heterocycles. The molecule has 0 heterocycles. The van der Waals surface area contributed by atoms with E-state index in [1.165, 1.54) is 0 Å². The Hall–Kier alpha value is -0.570. The van der Waals surface area contributed by atoms with E-state index in [0.29, 0.717) is 18.9 Å². The zero-order valence-electron chi connectivity index (χ0n) is 10.9. The molecule has 0 spiro atoms. The molecule has 0 aliphatic carbocycles. The first-order valence-electron chi connectivity index (χ1n) is 5.56. The Morgan fingerprint density at radius 2 is 1.80 bits per heavy atom. The van der Waals surface area contributed by atoms with Crippen LogP contribution < -0.4 is 0 Å². The van der Waals surface area contributed by atoms with Crippen molar-refractivity contribution < 1.29 is 9.90 Å². The number of hydrogen-bond acceptors (Lipinski definition) is 2. The minimum absolute atomic E-state index is 0.110. The van der Waals surface area contributed by atoms with Crippen molar-refractivity contribution in [2.24, 2.45) is 11.3 Å². The van der Waals surface area contributed by atoms with Gasteiger partial charge in [-0.25, -0.2) is 0 Å². The highest BCUT2D eigenvalue weighted by Gasteiger charge is 2.24. The molecule has 0 rings (SSSR count). The Bertz CT molecular complexity index is 206. The molecule has 0 fully saturated rings. The molecule has 0 saturated carbocycles. The molecule has 0 aromatic rings. The predicted molar refractivity (Wildman–Crippen MR) is 62.6 cm³/mol. The molecular formula is C12H25NO2. The molecule has 0 aromatic heterocycles. The van der Waals surface area contributed by atoms with Gasteiger partial charge in [-0.3, -0.25) is 4.79 Å². The molecule has 0 saturated heterocycles. The lowest BCUT2D eigenvalue weighted by atomic mass is 9.80. The van der Waals surface area contributed by atoms with Crippen molar-refractivity contribution in [2.75, 3.05) is 13.6 Å². The van der Waals surface area contributed by atoms with Crippen LogP contribution in [0.4, 0.5) is 0 Å². The van der Waals surface area contributed by atoms with Gasteiger partial charge in [-0.05, 0) is 18.3 Å². The quantitative estimate of drug-likeness (QED) is 0.778. The van der Waals surface area contributed by atoms with E-state index < -0.39 is 6.10 Å². The van der Waals surface area contributed by atoms with Gasteiger partial charge in [0.2, 0.25) is 5.91 Å². The Balaban J connectivity index is 4.14. The summed E-state index contributed by atoms with van der Waals surface area (Å²) in [6.07, 6.45) is 0.0936. The summed E-state index contributed by atoms with van der Waals surface area (Å²) >= 11 is 0. The van der Waals surface area contributed by atoms with Crippen LogP contribution in [0.2, 0.25) is 0 Å². The lowest BCUT2D eigenvalue weighted by molar-refractivity contribution is -0.132. The summed E-state index contributed by atoms with van der Waals surface area (Å²) < 4.78 is 0. The summed E-state index contributed by atoms with van der Waals surface area (Å²) in [7, 11) is 1.74. The topological polar surface area (TPSA) is 40.5 Å². The average molecular weight is 215 g/mol. The van der Waals surface area contributed by atoms with Crippen LogP contribution in [0.1, 0.15) is 41.0 Å². The minimum atomic E-state index is -0.455. The number of nitrogens with zero attached hydrogens (tertiary/aromatic N) is 1. The molecule has 1 N–H and O–H groups in total. The second kappa shape index (κ2) is 5.50. The van der Waals surface area contributed by atoms with E-state index in [-0.39, 0.29) is 11.3 Å². The van der Waals surface area contributed by atoms with Gasteiger partial charge in [0, 0.05) is 20.0 Å². The highest BCUT2D eigenvalue weighted by atomic mass is 16.3. The van der Waals surface area contributed by atoms with Crippen molar-refractivity contribution in [3.05, 3.63) is 0 Å². The monoisotopic (exact) mass is 215 g/mol. The smallest absolute Gasteiger partial charge is 0.222 e. The van der Waals surface area contributed by atoms with Crippen molar-refractivity contribution >= 4 is 5.91 Å². The number of amides is 1. The van der Waals surface area contributed by atoms with Gasteiger partial charge in [0.25, 0.3) is 0 Å². The van der Waals surface area contributed by atoms with E-state index in [1.807, 2.05) is 0 Å². The van der Waals surface area contributed by atoms with E-state index in [9.17, 15) is 9.90 Å². The molecular weight excluding hydrogens is 190 g/mol. The van der Waals surface area contributed by atoms with Gasteiger partial charge < -0.3 is 10.0 Å². The molecule has 0 aromatic carbocycles. The van der Waals surface area contributed by atoms with E-state index in [4.69, 9.17) is 0 Å². The molecule has 2 atom stereocenters. The fourth-order valence-corrected chi connectivity index (χ4v) is 1.22. The molecule has 2 unspecified atom stereocenters. The number of rotatable bonds is 4. The van der Waals surface area contributed by atoms with Gasteiger partial charge in [-0.15, -0.1) is 0 Å². The third-order valence-corrected chi connectivity index (χ3v) is 2.92. The first kappa shape index (κ1) is 14.4. The van der Waals surface area contributed by atoms with E-state index >= 15 is 0 Å². The minimum Gasteiger partial charge on any atom is -0.392 e. The number of aliphatic hydroxyl groups is 1. The van der Waals surface area contributed by atoms with Crippen molar-refractivity contribution in [3.8, 4) is 0 Å². The first-order chi connectivity index (χ1) is 6.64. The third-order valence-electron chi connectivity index (χ3n) is 2.92. The van der Waals surface area contributed by atoms with Crippen molar-refractivity contribution in [1.82, 2.24) is 4.90 Å². The summed E-state index contributed by atoms with van der Waals surface area (Å²) in [6, 6.07) is 0. The maximum atomic E-state index is 11.8. The van der Waals surface area contributed by atoms with Crippen LogP contribution in [0.3, 0.4) is 0 Å². The molecule has 3 nitrogen and oxygen atoms in total. The second-order valence-electron chi connectivity index (χ2n) is 5.59. The van der Waals surface area contributed by atoms with Crippen molar-refractivity contribution in [1.29, 1.82) is 0 Å². The zero-order chi connectivity index (χ0) is 12.2.